The summed E-state index contributed by atoms with van der Waals surface area (Å²) in [7, 11) is 2.20. The lowest BCUT2D eigenvalue weighted by molar-refractivity contribution is 0.394. The first kappa shape index (κ1) is 18.1. The summed E-state index contributed by atoms with van der Waals surface area (Å²) in [4.78, 5) is 8.49. The second-order valence-electron chi connectivity index (χ2n) is 6.31. The number of rotatable bonds is 6. The van der Waals surface area contributed by atoms with E-state index in [-0.39, 0.29) is 0 Å². The normalized spacial score (nSPS) is 19.1. The van der Waals surface area contributed by atoms with E-state index in [2.05, 4.69) is 60.9 Å². The van der Waals surface area contributed by atoms with Gasteiger partial charge in [-0.1, -0.05) is 12.1 Å². The molecule has 23 heavy (non-hydrogen) atoms. The van der Waals surface area contributed by atoms with Gasteiger partial charge in [0, 0.05) is 24.5 Å². The molecule has 1 unspecified atom stereocenters. The molecule has 2 N–H and O–H groups in total. The number of hydrogen-bond donors (Lipinski definition) is 2. The summed E-state index contributed by atoms with van der Waals surface area (Å²) in [5, 5.41) is 6.86. The average Bonchev–Trinajstić information content (AvgIpc) is 2.96. The van der Waals surface area contributed by atoms with Crippen molar-refractivity contribution in [1.82, 2.24) is 15.5 Å². The fourth-order valence-corrected chi connectivity index (χ4v) is 3.62. The smallest absolute Gasteiger partial charge is 0.191 e. The van der Waals surface area contributed by atoms with Crippen LogP contribution in [0, 0.1) is 12.8 Å². The summed E-state index contributed by atoms with van der Waals surface area (Å²) in [5.74, 6) is 1.65. The number of guanidine groups is 1. The number of aryl methyl sites for hydroxylation is 1. The second-order valence-corrected chi connectivity index (χ2v) is 7.16. The van der Waals surface area contributed by atoms with Gasteiger partial charge in [0.25, 0.3) is 0 Å². The van der Waals surface area contributed by atoms with Crippen molar-refractivity contribution in [2.75, 3.05) is 39.5 Å². The summed E-state index contributed by atoms with van der Waals surface area (Å²) in [6.45, 7) is 9.24. The zero-order chi connectivity index (χ0) is 16.7. The molecule has 0 radical (unpaired) electrons. The van der Waals surface area contributed by atoms with Crippen LogP contribution in [0.1, 0.15) is 24.5 Å². The van der Waals surface area contributed by atoms with Gasteiger partial charge in [-0.2, -0.15) is 0 Å². The summed E-state index contributed by atoms with van der Waals surface area (Å²) in [6, 6.07) is 6.60. The van der Waals surface area contributed by atoms with Crippen LogP contribution in [0.5, 0.6) is 0 Å². The predicted octanol–water partition coefficient (Wildman–Crippen LogP) is 2.72. The number of benzene rings is 1. The van der Waals surface area contributed by atoms with Crippen molar-refractivity contribution in [3.63, 3.8) is 0 Å². The zero-order valence-electron chi connectivity index (χ0n) is 14.9. The Kier molecular flexibility index (Phi) is 7.24. The van der Waals surface area contributed by atoms with Gasteiger partial charge in [-0.05, 0) is 63.2 Å². The molecule has 2 rings (SSSR count). The van der Waals surface area contributed by atoms with Gasteiger partial charge in [0.15, 0.2) is 5.96 Å². The molecule has 0 spiro atoms. The van der Waals surface area contributed by atoms with Crippen molar-refractivity contribution < 1.29 is 0 Å². The number of nitrogens with one attached hydrogen (secondary N) is 2. The minimum Gasteiger partial charge on any atom is -0.357 e. The van der Waals surface area contributed by atoms with E-state index in [0.29, 0.717) is 0 Å². The molecule has 0 aromatic heterocycles. The van der Waals surface area contributed by atoms with Crippen LogP contribution in [-0.2, 0) is 6.54 Å². The lowest BCUT2D eigenvalue weighted by atomic mass is 10.1. The zero-order valence-corrected chi connectivity index (χ0v) is 15.7. The van der Waals surface area contributed by atoms with Gasteiger partial charge in [0.2, 0.25) is 0 Å². The number of nitrogens with zero attached hydrogens (tertiary/aromatic N) is 2. The van der Waals surface area contributed by atoms with Crippen LogP contribution in [0.4, 0.5) is 0 Å². The van der Waals surface area contributed by atoms with Gasteiger partial charge in [0.05, 0.1) is 6.54 Å². The predicted molar refractivity (Wildman–Crippen MR) is 101 cm³/mol. The molecule has 1 atom stereocenters. The second kappa shape index (κ2) is 9.18. The first-order valence-electron chi connectivity index (χ1n) is 8.46. The first-order valence-corrected chi connectivity index (χ1v) is 9.69. The Labute approximate surface area is 145 Å². The molecule has 1 fully saturated rings. The maximum Gasteiger partial charge on any atom is 0.191 e. The number of hydrogen-bond acceptors (Lipinski definition) is 3. The van der Waals surface area contributed by atoms with Gasteiger partial charge in [0.1, 0.15) is 0 Å². The molecule has 1 heterocycles. The van der Waals surface area contributed by atoms with Crippen LogP contribution in [0.2, 0.25) is 0 Å². The van der Waals surface area contributed by atoms with Gasteiger partial charge in [-0.3, -0.25) is 0 Å². The van der Waals surface area contributed by atoms with Crippen molar-refractivity contribution in [3.8, 4) is 0 Å². The minimum atomic E-state index is 0.719. The van der Waals surface area contributed by atoms with E-state index in [1.54, 1.807) is 11.8 Å². The molecule has 1 aliphatic heterocycles. The van der Waals surface area contributed by atoms with Crippen LogP contribution in [0.3, 0.4) is 0 Å². The number of thioether (sulfide) groups is 1. The number of likely N-dealkylation sites (tertiary alicyclic amines) is 1. The first-order chi connectivity index (χ1) is 11.1. The van der Waals surface area contributed by atoms with Gasteiger partial charge in [-0.15, -0.1) is 11.8 Å². The SMILES string of the molecule is CCNC(=NCc1ccc(C)cc1SC)NCC1CCN(C)C1. The molecule has 0 bridgehead atoms. The van der Waals surface area contributed by atoms with Crippen LogP contribution in [-0.4, -0.2) is 50.3 Å². The molecule has 128 valence electrons. The molecule has 4 nitrogen and oxygen atoms in total. The molecular formula is C18H30N4S. The highest BCUT2D eigenvalue weighted by Crippen LogP contribution is 2.22. The van der Waals surface area contributed by atoms with Crippen LogP contribution in [0.25, 0.3) is 0 Å². The largest absolute Gasteiger partial charge is 0.357 e. The Bertz CT molecular complexity index is 530. The van der Waals surface area contributed by atoms with Crippen molar-refractivity contribution in [2.45, 2.75) is 31.7 Å². The van der Waals surface area contributed by atoms with E-state index in [9.17, 15) is 0 Å². The average molecular weight is 335 g/mol. The highest BCUT2D eigenvalue weighted by atomic mass is 32.2. The van der Waals surface area contributed by atoms with E-state index in [0.717, 1.165) is 31.5 Å². The van der Waals surface area contributed by atoms with Crippen molar-refractivity contribution in [2.24, 2.45) is 10.9 Å². The number of aliphatic imine (C=N–C) groups is 1. The molecule has 0 amide bonds. The standard InChI is InChI=1S/C18H30N4S/c1-5-19-18(20-11-15-8-9-22(3)13-15)21-12-16-7-6-14(2)10-17(16)23-4/h6-7,10,15H,5,8-9,11-13H2,1-4H3,(H2,19,20,21). The fourth-order valence-electron chi connectivity index (χ4n) is 2.92. The van der Waals surface area contributed by atoms with Gasteiger partial charge < -0.3 is 15.5 Å². The van der Waals surface area contributed by atoms with E-state index < -0.39 is 0 Å². The Morgan fingerprint density at radius 3 is 2.87 bits per heavy atom. The van der Waals surface area contributed by atoms with Crippen molar-refractivity contribution in [1.29, 1.82) is 0 Å². The highest BCUT2D eigenvalue weighted by Gasteiger charge is 2.19. The summed E-state index contributed by atoms with van der Waals surface area (Å²) < 4.78 is 0. The quantitative estimate of drug-likeness (QED) is 0.477. The Morgan fingerprint density at radius 2 is 2.22 bits per heavy atom. The molecule has 1 aromatic rings. The lowest BCUT2D eigenvalue weighted by Crippen LogP contribution is -2.40. The molecule has 0 aliphatic carbocycles. The Hall–Kier alpha value is -1.20. The molecule has 0 saturated carbocycles. The third-order valence-corrected chi connectivity index (χ3v) is 5.06. The molecule has 1 aliphatic rings. The van der Waals surface area contributed by atoms with Gasteiger partial charge >= 0.3 is 0 Å². The molecule has 5 heteroatoms. The third-order valence-electron chi connectivity index (χ3n) is 4.24. The minimum absolute atomic E-state index is 0.719. The Balaban J connectivity index is 1.95. The molecular weight excluding hydrogens is 304 g/mol. The topological polar surface area (TPSA) is 39.7 Å². The fraction of sp³-hybridized carbons (Fsp3) is 0.611. The Morgan fingerprint density at radius 1 is 1.39 bits per heavy atom. The van der Waals surface area contributed by atoms with E-state index in [4.69, 9.17) is 4.99 Å². The van der Waals surface area contributed by atoms with Crippen molar-refractivity contribution >= 4 is 17.7 Å². The van der Waals surface area contributed by atoms with Crippen LogP contribution in [0.15, 0.2) is 28.1 Å². The maximum absolute atomic E-state index is 4.77. The van der Waals surface area contributed by atoms with Crippen LogP contribution < -0.4 is 10.6 Å². The third kappa shape index (κ3) is 5.74. The molecule has 1 aromatic carbocycles. The van der Waals surface area contributed by atoms with E-state index >= 15 is 0 Å². The summed E-state index contributed by atoms with van der Waals surface area (Å²) in [6.07, 6.45) is 3.40. The van der Waals surface area contributed by atoms with Gasteiger partial charge in [-0.25, -0.2) is 4.99 Å². The highest BCUT2D eigenvalue weighted by molar-refractivity contribution is 7.98. The molecule has 1 saturated heterocycles. The van der Waals surface area contributed by atoms with Crippen molar-refractivity contribution in [3.05, 3.63) is 29.3 Å². The summed E-state index contributed by atoms with van der Waals surface area (Å²) in [5.41, 5.74) is 2.60. The van der Waals surface area contributed by atoms with Crippen LogP contribution >= 0.6 is 11.8 Å². The monoisotopic (exact) mass is 334 g/mol. The lowest BCUT2D eigenvalue weighted by Gasteiger charge is -2.15. The van der Waals surface area contributed by atoms with E-state index in [1.165, 1.54) is 35.5 Å². The maximum atomic E-state index is 4.77. The van der Waals surface area contributed by atoms with E-state index in [1.807, 2.05) is 0 Å². The summed E-state index contributed by atoms with van der Waals surface area (Å²) >= 11 is 1.79.